The Balaban J connectivity index is 1.56. The first-order chi connectivity index (χ1) is 12.7. The van der Waals surface area contributed by atoms with E-state index in [1.54, 1.807) is 6.07 Å². The first-order valence-corrected chi connectivity index (χ1v) is 8.59. The highest BCUT2D eigenvalue weighted by molar-refractivity contribution is 7.22. The zero-order chi connectivity index (χ0) is 17.9. The first kappa shape index (κ1) is 16.0. The van der Waals surface area contributed by atoms with Gasteiger partial charge in [0.05, 0.1) is 10.2 Å². The van der Waals surface area contributed by atoms with E-state index < -0.39 is 5.91 Å². The minimum absolute atomic E-state index is 0.0418. The van der Waals surface area contributed by atoms with Gasteiger partial charge in [0, 0.05) is 12.3 Å². The van der Waals surface area contributed by atoms with Gasteiger partial charge in [0.2, 0.25) is 0 Å². The van der Waals surface area contributed by atoms with Gasteiger partial charge in [-0.15, -0.1) is 0 Å². The van der Waals surface area contributed by atoms with E-state index in [1.807, 2.05) is 48.5 Å². The number of aromatic nitrogens is 2. The smallest absolute Gasteiger partial charge is 0.279 e. The third-order valence-corrected chi connectivity index (χ3v) is 4.49. The molecule has 26 heavy (non-hydrogen) atoms. The summed E-state index contributed by atoms with van der Waals surface area (Å²) in [4.78, 5) is 20.5. The van der Waals surface area contributed by atoms with Gasteiger partial charge in [0.25, 0.3) is 5.91 Å². The Bertz CT molecular complexity index is 1080. The lowest BCUT2D eigenvalue weighted by Gasteiger charge is -2.04. The molecule has 7 heteroatoms. The van der Waals surface area contributed by atoms with E-state index in [-0.39, 0.29) is 11.4 Å². The molecular weight excluding hydrogens is 350 g/mol. The molecule has 0 saturated heterocycles. The number of pyridine rings is 1. The molecule has 2 N–H and O–H groups in total. The highest BCUT2D eigenvalue weighted by Crippen LogP contribution is 2.31. The summed E-state index contributed by atoms with van der Waals surface area (Å²) in [5.74, 6) is 0.746. The van der Waals surface area contributed by atoms with E-state index in [0.29, 0.717) is 10.9 Å². The highest BCUT2D eigenvalue weighted by Gasteiger charge is 2.15. The van der Waals surface area contributed by atoms with Crippen molar-refractivity contribution in [2.75, 3.05) is 5.32 Å². The summed E-state index contributed by atoms with van der Waals surface area (Å²) in [6, 6.07) is 18.0. The first-order valence-electron chi connectivity index (χ1n) is 7.78. The van der Waals surface area contributed by atoms with Gasteiger partial charge in [-0.2, -0.15) is 0 Å². The summed E-state index contributed by atoms with van der Waals surface area (Å²) in [6.07, 6.45) is 1.44. The molecule has 2 aromatic carbocycles. The molecule has 0 bridgehead atoms. The quantitative estimate of drug-likeness (QED) is 0.560. The second kappa shape index (κ2) is 6.81. The van der Waals surface area contributed by atoms with Crippen LogP contribution in [-0.2, 0) is 0 Å². The number of ether oxygens (including phenoxy) is 1. The molecule has 0 unspecified atom stereocenters. The fourth-order valence-corrected chi connectivity index (χ4v) is 3.26. The number of hydrogen-bond donors (Lipinski definition) is 2. The predicted molar refractivity (Wildman–Crippen MR) is 100.0 cm³/mol. The Morgan fingerprint density at radius 1 is 1.04 bits per heavy atom. The number of benzene rings is 2. The van der Waals surface area contributed by atoms with Crippen LogP contribution in [0, 0.1) is 0 Å². The van der Waals surface area contributed by atoms with E-state index in [4.69, 9.17) is 4.74 Å². The normalized spacial score (nSPS) is 10.6. The molecular formula is C19H13N3O3S. The molecule has 0 aliphatic heterocycles. The van der Waals surface area contributed by atoms with Crippen LogP contribution in [0.2, 0.25) is 0 Å². The average molecular weight is 363 g/mol. The molecule has 0 atom stereocenters. The summed E-state index contributed by atoms with van der Waals surface area (Å²) in [6.45, 7) is 0. The molecule has 0 aliphatic carbocycles. The number of fused-ring (bicyclic) bond motifs is 1. The van der Waals surface area contributed by atoms with Gasteiger partial charge in [0.1, 0.15) is 17.2 Å². The standard InChI is InChI=1S/C19H13N3O3S/c23-15-7-4-10-20-17(15)18(24)22-19-21-14-9-8-13(11-16(14)26-19)25-12-5-2-1-3-6-12/h1-11,23H,(H,21,22,24). The van der Waals surface area contributed by atoms with Gasteiger partial charge in [-0.25, -0.2) is 9.97 Å². The molecule has 2 aromatic heterocycles. The molecule has 0 saturated carbocycles. The van der Waals surface area contributed by atoms with E-state index in [1.165, 1.54) is 23.6 Å². The van der Waals surface area contributed by atoms with Crippen LogP contribution in [0.4, 0.5) is 5.13 Å². The number of nitrogens with one attached hydrogen (secondary N) is 1. The Hall–Kier alpha value is -3.45. The molecule has 128 valence electrons. The molecule has 0 aliphatic rings. The maximum absolute atomic E-state index is 12.2. The summed E-state index contributed by atoms with van der Waals surface area (Å²) < 4.78 is 6.68. The lowest BCUT2D eigenvalue weighted by Crippen LogP contribution is -2.13. The van der Waals surface area contributed by atoms with Gasteiger partial charge in [-0.1, -0.05) is 29.5 Å². The maximum Gasteiger partial charge on any atom is 0.279 e. The van der Waals surface area contributed by atoms with Crippen LogP contribution in [0.15, 0.2) is 66.9 Å². The predicted octanol–water partition coefficient (Wildman–Crippen LogP) is 4.44. The summed E-state index contributed by atoms with van der Waals surface area (Å²) >= 11 is 1.32. The summed E-state index contributed by atoms with van der Waals surface area (Å²) in [7, 11) is 0. The molecule has 2 heterocycles. The van der Waals surface area contributed by atoms with E-state index >= 15 is 0 Å². The Morgan fingerprint density at radius 3 is 2.69 bits per heavy atom. The molecule has 0 radical (unpaired) electrons. The van der Waals surface area contributed by atoms with Gasteiger partial charge in [-0.3, -0.25) is 10.1 Å². The van der Waals surface area contributed by atoms with Crippen molar-refractivity contribution in [2.24, 2.45) is 0 Å². The van der Waals surface area contributed by atoms with Crippen molar-refractivity contribution < 1.29 is 14.6 Å². The molecule has 4 rings (SSSR count). The number of amides is 1. The third-order valence-electron chi connectivity index (χ3n) is 3.56. The number of aromatic hydroxyl groups is 1. The van der Waals surface area contributed by atoms with E-state index in [9.17, 15) is 9.90 Å². The van der Waals surface area contributed by atoms with Gasteiger partial charge in [-0.05, 0) is 36.4 Å². The van der Waals surface area contributed by atoms with Crippen LogP contribution < -0.4 is 10.1 Å². The second-order valence-corrected chi connectivity index (χ2v) is 6.42. The van der Waals surface area contributed by atoms with Crippen molar-refractivity contribution in [3.63, 3.8) is 0 Å². The number of nitrogens with zero attached hydrogens (tertiary/aromatic N) is 2. The van der Waals surface area contributed by atoms with E-state index in [2.05, 4.69) is 15.3 Å². The van der Waals surface area contributed by atoms with Crippen molar-refractivity contribution in [1.29, 1.82) is 0 Å². The lowest BCUT2D eigenvalue weighted by molar-refractivity contribution is 0.101. The highest BCUT2D eigenvalue weighted by atomic mass is 32.1. The number of para-hydroxylation sites is 1. The monoisotopic (exact) mass is 363 g/mol. The zero-order valence-electron chi connectivity index (χ0n) is 13.4. The molecule has 0 spiro atoms. The third kappa shape index (κ3) is 3.33. The summed E-state index contributed by atoms with van der Waals surface area (Å²) in [5, 5.41) is 12.8. The SMILES string of the molecule is O=C(Nc1nc2ccc(Oc3ccccc3)cc2s1)c1ncccc1O. The number of thiazole rings is 1. The number of hydrogen-bond acceptors (Lipinski definition) is 6. The average Bonchev–Trinajstić information content (AvgIpc) is 3.04. The Kier molecular flexibility index (Phi) is 4.20. The molecule has 0 fully saturated rings. The van der Waals surface area contributed by atoms with Crippen LogP contribution >= 0.6 is 11.3 Å². The molecule has 1 amide bonds. The van der Waals surface area contributed by atoms with Crippen LogP contribution in [0.1, 0.15) is 10.5 Å². The van der Waals surface area contributed by atoms with Crippen molar-refractivity contribution in [3.8, 4) is 17.2 Å². The number of carbonyl (C=O) groups excluding carboxylic acids is 1. The van der Waals surface area contributed by atoms with Crippen molar-refractivity contribution in [3.05, 3.63) is 72.6 Å². The van der Waals surface area contributed by atoms with Gasteiger partial charge >= 0.3 is 0 Å². The lowest BCUT2D eigenvalue weighted by atomic mass is 10.3. The van der Waals surface area contributed by atoms with Crippen LogP contribution in [0.5, 0.6) is 17.2 Å². The number of carbonyl (C=O) groups is 1. The van der Waals surface area contributed by atoms with E-state index in [0.717, 1.165) is 16.0 Å². The topological polar surface area (TPSA) is 84.3 Å². The van der Waals surface area contributed by atoms with Crippen molar-refractivity contribution in [2.45, 2.75) is 0 Å². The minimum atomic E-state index is -0.511. The van der Waals surface area contributed by atoms with Crippen LogP contribution in [0.25, 0.3) is 10.2 Å². The Labute approximate surface area is 152 Å². The number of rotatable bonds is 4. The van der Waals surface area contributed by atoms with Crippen LogP contribution in [0.3, 0.4) is 0 Å². The molecule has 6 nitrogen and oxygen atoms in total. The van der Waals surface area contributed by atoms with Crippen LogP contribution in [-0.4, -0.2) is 21.0 Å². The van der Waals surface area contributed by atoms with Gasteiger partial charge in [0.15, 0.2) is 10.8 Å². The molecule has 4 aromatic rings. The largest absolute Gasteiger partial charge is 0.505 e. The maximum atomic E-state index is 12.2. The fourth-order valence-electron chi connectivity index (χ4n) is 2.37. The second-order valence-electron chi connectivity index (χ2n) is 5.39. The minimum Gasteiger partial charge on any atom is -0.505 e. The van der Waals surface area contributed by atoms with Crippen molar-refractivity contribution in [1.82, 2.24) is 9.97 Å². The summed E-state index contributed by atoms with van der Waals surface area (Å²) in [5.41, 5.74) is 0.704. The Morgan fingerprint density at radius 2 is 1.88 bits per heavy atom. The van der Waals surface area contributed by atoms with Crippen molar-refractivity contribution >= 4 is 32.6 Å². The number of anilines is 1. The fraction of sp³-hybridized carbons (Fsp3) is 0. The van der Waals surface area contributed by atoms with Gasteiger partial charge < -0.3 is 9.84 Å². The zero-order valence-corrected chi connectivity index (χ0v) is 14.2.